The van der Waals surface area contributed by atoms with Gasteiger partial charge in [0.25, 0.3) is 0 Å². The largest absolute Gasteiger partial charge is 0.387 e. The summed E-state index contributed by atoms with van der Waals surface area (Å²) >= 11 is 0. The van der Waals surface area contributed by atoms with Gasteiger partial charge in [-0.2, -0.15) is 0 Å². The summed E-state index contributed by atoms with van der Waals surface area (Å²) in [5.41, 5.74) is 11.7. The summed E-state index contributed by atoms with van der Waals surface area (Å²) in [6.07, 6.45) is 14.6. The molecule has 0 spiro atoms. The minimum Gasteiger partial charge on any atom is -0.387 e. The molecule has 0 bridgehead atoms. The van der Waals surface area contributed by atoms with Crippen LogP contribution in [0.4, 0.5) is 0 Å². The summed E-state index contributed by atoms with van der Waals surface area (Å²) in [6, 6.07) is 0. The van der Waals surface area contributed by atoms with Crippen molar-refractivity contribution in [1.82, 2.24) is 0 Å². The summed E-state index contributed by atoms with van der Waals surface area (Å²) in [6.45, 7) is 2.65. The summed E-state index contributed by atoms with van der Waals surface area (Å²) in [5, 5.41) is 0. The van der Waals surface area contributed by atoms with Gasteiger partial charge in [-0.25, -0.2) is 0 Å². The molecule has 8 heteroatoms. The molecule has 0 atom stereocenters. The first-order valence-corrected chi connectivity index (χ1v) is 10.3. The molecule has 0 rings (SSSR count). The number of unbranched alkanes of at least 4 members (excludes halogenated alkanes) is 9. The van der Waals surface area contributed by atoms with Gasteiger partial charge in [0.05, 0.1) is 38.0 Å². The molecule has 0 aliphatic carbocycles. The Morgan fingerprint density at radius 1 is 0.571 bits per heavy atom. The molecule has 0 amide bonds. The second kappa shape index (κ2) is 26.4. The van der Waals surface area contributed by atoms with E-state index in [1.54, 1.807) is 14.2 Å². The normalized spacial score (nSPS) is 11.8. The first-order chi connectivity index (χ1) is 12.7. The molecule has 0 saturated heterocycles. The minimum absolute atomic E-state index is 0. The number of amidine groups is 2. The SMILES string of the molecule is COCCN=C(N)CCCCCCCCCCCCC(N)=NCCOC.Cl.Cl. The van der Waals surface area contributed by atoms with Crippen LogP contribution in [0.25, 0.3) is 0 Å². The van der Waals surface area contributed by atoms with Gasteiger partial charge in [-0.05, 0) is 12.8 Å². The van der Waals surface area contributed by atoms with Crippen LogP contribution in [-0.4, -0.2) is 52.2 Å². The van der Waals surface area contributed by atoms with Gasteiger partial charge >= 0.3 is 0 Å². The second-order valence-electron chi connectivity index (χ2n) is 6.77. The van der Waals surface area contributed by atoms with E-state index in [0.29, 0.717) is 26.3 Å². The van der Waals surface area contributed by atoms with E-state index in [1.165, 1.54) is 51.4 Å². The number of rotatable bonds is 19. The highest BCUT2D eigenvalue weighted by Crippen LogP contribution is 2.12. The van der Waals surface area contributed by atoms with Crippen molar-refractivity contribution in [2.45, 2.75) is 77.0 Å². The lowest BCUT2D eigenvalue weighted by Crippen LogP contribution is -2.13. The van der Waals surface area contributed by atoms with Crippen LogP contribution in [0.1, 0.15) is 77.0 Å². The highest BCUT2D eigenvalue weighted by atomic mass is 35.5. The molecule has 170 valence electrons. The molecule has 0 heterocycles. The van der Waals surface area contributed by atoms with Crippen molar-refractivity contribution in [1.29, 1.82) is 0 Å². The number of aliphatic imine (C=N–C) groups is 2. The third kappa shape index (κ3) is 25.4. The van der Waals surface area contributed by atoms with Crippen molar-refractivity contribution in [2.75, 3.05) is 40.5 Å². The fourth-order valence-electron chi connectivity index (χ4n) is 2.75. The number of hydrogen-bond acceptors (Lipinski definition) is 4. The predicted octanol–water partition coefficient (Wildman–Crippen LogP) is 4.52. The van der Waals surface area contributed by atoms with Gasteiger partial charge in [0.2, 0.25) is 0 Å². The van der Waals surface area contributed by atoms with Gasteiger partial charge in [-0.1, -0.05) is 51.4 Å². The van der Waals surface area contributed by atoms with E-state index in [4.69, 9.17) is 20.9 Å². The molecule has 0 aliphatic heterocycles. The number of hydrogen-bond donors (Lipinski definition) is 2. The van der Waals surface area contributed by atoms with Gasteiger partial charge in [-0.3, -0.25) is 9.98 Å². The van der Waals surface area contributed by atoms with E-state index in [0.717, 1.165) is 37.4 Å². The number of ether oxygens (including phenoxy) is 2. The third-order valence-electron chi connectivity index (χ3n) is 4.34. The molecule has 0 fully saturated rings. The highest BCUT2D eigenvalue weighted by molar-refractivity contribution is 5.85. The van der Waals surface area contributed by atoms with Crippen LogP contribution < -0.4 is 11.5 Å². The average molecular weight is 444 g/mol. The monoisotopic (exact) mass is 442 g/mol. The van der Waals surface area contributed by atoms with E-state index < -0.39 is 0 Å². The molecule has 0 radical (unpaired) electrons. The Balaban J connectivity index is -0.00000312. The standard InChI is InChI=1S/C20H42N4O2.2ClH/c1-25-17-15-23-19(21)13-11-9-7-5-3-4-6-8-10-12-14-20(22)24-16-18-26-2;;/h3-18H2,1-2H3,(H2,21,23)(H2,22,24);2*1H. The maximum Gasteiger partial charge on any atom is 0.0938 e. The van der Waals surface area contributed by atoms with Crippen LogP contribution in [0.15, 0.2) is 9.98 Å². The van der Waals surface area contributed by atoms with Gasteiger partial charge in [0, 0.05) is 27.1 Å². The lowest BCUT2D eigenvalue weighted by molar-refractivity contribution is 0.208. The molecule has 0 aromatic rings. The number of halogens is 2. The van der Waals surface area contributed by atoms with Crippen LogP contribution in [-0.2, 0) is 9.47 Å². The number of nitrogens with zero attached hydrogens (tertiary/aromatic N) is 2. The topological polar surface area (TPSA) is 95.2 Å². The maximum absolute atomic E-state index is 5.86. The third-order valence-corrected chi connectivity index (χ3v) is 4.34. The van der Waals surface area contributed by atoms with Crippen LogP contribution in [0, 0.1) is 0 Å². The summed E-state index contributed by atoms with van der Waals surface area (Å²) in [7, 11) is 3.37. The minimum atomic E-state index is 0. The Bertz CT molecular complexity index is 336. The molecule has 0 aromatic carbocycles. The van der Waals surface area contributed by atoms with E-state index >= 15 is 0 Å². The van der Waals surface area contributed by atoms with Crippen molar-refractivity contribution >= 4 is 36.5 Å². The van der Waals surface area contributed by atoms with Gasteiger partial charge in [0.1, 0.15) is 0 Å². The van der Waals surface area contributed by atoms with E-state index in [-0.39, 0.29) is 24.8 Å². The van der Waals surface area contributed by atoms with Crippen LogP contribution in [0.3, 0.4) is 0 Å². The van der Waals surface area contributed by atoms with E-state index in [1.807, 2.05) is 0 Å². The molecule has 4 N–H and O–H groups in total. The number of methoxy groups -OCH3 is 2. The summed E-state index contributed by atoms with van der Waals surface area (Å²) in [4.78, 5) is 8.55. The van der Waals surface area contributed by atoms with Crippen molar-refractivity contribution in [3.8, 4) is 0 Å². The van der Waals surface area contributed by atoms with Crippen molar-refractivity contribution in [3.05, 3.63) is 0 Å². The Hall–Kier alpha value is -0.560. The molecule has 0 unspecified atom stereocenters. The molecule has 0 aromatic heterocycles. The van der Waals surface area contributed by atoms with Gasteiger partial charge in [0.15, 0.2) is 0 Å². The number of nitrogens with two attached hydrogens (primary N) is 2. The van der Waals surface area contributed by atoms with Crippen molar-refractivity contribution in [2.24, 2.45) is 21.5 Å². The molecular formula is C20H44Cl2N4O2. The molecule has 6 nitrogen and oxygen atoms in total. The Morgan fingerprint density at radius 2 is 0.857 bits per heavy atom. The Morgan fingerprint density at radius 3 is 1.14 bits per heavy atom. The zero-order valence-corrected chi connectivity index (χ0v) is 19.6. The first kappa shape index (κ1) is 32.1. The lowest BCUT2D eigenvalue weighted by Gasteiger charge is -2.04. The predicted molar refractivity (Wildman–Crippen MR) is 127 cm³/mol. The van der Waals surface area contributed by atoms with Crippen molar-refractivity contribution in [3.63, 3.8) is 0 Å². The molecular weight excluding hydrogens is 399 g/mol. The first-order valence-electron chi connectivity index (χ1n) is 10.3. The maximum atomic E-state index is 5.86. The molecule has 28 heavy (non-hydrogen) atoms. The highest BCUT2D eigenvalue weighted by Gasteiger charge is 1.97. The zero-order chi connectivity index (χ0) is 19.3. The van der Waals surface area contributed by atoms with Gasteiger partial charge < -0.3 is 20.9 Å². The van der Waals surface area contributed by atoms with Crippen LogP contribution >= 0.6 is 24.8 Å². The Labute approximate surface area is 185 Å². The average Bonchev–Trinajstić information content (AvgIpc) is 2.63. The quantitative estimate of drug-likeness (QED) is 0.174. The van der Waals surface area contributed by atoms with Gasteiger partial charge in [-0.15, -0.1) is 24.8 Å². The second-order valence-corrected chi connectivity index (χ2v) is 6.77. The Kier molecular flexibility index (Phi) is 30.3. The van der Waals surface area contributed by atoms with Crippen molar-refractivity contribution < 1.29 is 9.47 Å². The molecule has 0 aliphatic rings. The summed E-state index contributed by atoms with van der Waals surface area (Å²) < 4.78 is 9.91. The summed E-state index contributed by atoms with van der Waals surface area (Å²) in [5.74, 6) is 1.54. The van der Waals surface area contributed by atoms with Crippen LogP contribution in [0.5, 0.6) is 0 Å². The fourth-order valence-corrected chi connectivity index (χ4v) is 2.75. The van der Waals surface area contributed by atoms with E-state index in [2.05, 4.69) is 9.98 Å². The van der Waals surface area contributed by atoms with E-state index in [9.17, 15) is 0 Å². The fraction of sp³-hybridized carbons (Fsp3) is 0.900. The lowest BCUT2D eigenvalue weighted by atomic mass is 10.0. The molecule has 0 saturated carbocycles. The smallest absolute Gasteiger partial charge is 0.0938 e. The van der Waals surface area contributed by atoms with Crippen LogP contribution in [0.2, 0.25) is 0 Å². The zero-order valence-electron chi connectivity index (χ0n) is 18.0.